The summed E-state index contributed by atoms with van der Waals surface area (Å²) in [5.41, 5.74) is 5.55. The van der Waals surface area contributed by atoms with Crippen molar-refractivity contribution in [3.05, 3.63) is 0 Å². The molecule has 0 spiro atoms. The molecule has 1 aliphatic rings. The number of likely N-dealkylation sites (tertiary alicyclic amines) is 1. The van der Waals surface area contributed by atoms with Crippen molar-refractivity contribution in [2.75, 3.05) is 13.1 Å². The molecule has 0 radical (unpaired) electrons. The van der Waals surface area contributed by atoms with Gasteiger partial charge in [0.2, 0.25) is 0 Å². The highest BCUT2D eigenvalue weighted by molar-refractivity contribution is 4.74. The molecule has 11 heavy (non-hydrogen) atoms. The first-order valence-electron chi connectivity index (χ1n) is 4.35. The molecular formula is C8H18FN2+. The number of quaternary nitrogens is 1. The number of alkyl halides is 1. The van der Waals surface area contributed by atoms with Crippen LogP contribution in [0, 0.1) is 0 Å². The maximum Gasteiger partial charge on any atom is 0.164 e. The molecule has 1 saturated heterocycles. The lowest BCUT2D eigenvalue weighted by Crippen LogP contribution is -3.17. The third kappa shape index (κ3) is 2.14. The summed E-state index contributed by atoms with van der Waals surface area (Å²) >= 11 is 0. The van der Waals surface area contributed by atoms with Crippen molar-refractivity contribution < 1.29 is 9.29 Å². The molecule has 0 aliphatic carbocycles. The predicted molar refractivity (Wildman–Crippen MR) is 43.3 cm³/mol. The molecule has 1 fully saturated rings. The molecule has 0 saturated carbocycles. The molecule has 66 valence electrons. The summed E-state index contributed by atoms with van der Waals surface area (Å²) in [5.74, 6) is 0. The Morgan fingerprint density at radius 3 is 2.64 bits per heavy atom. The Bertz CT molecular complexity index is 127. The van der Waals surface area contributed by atoms with Crippen molar-refractivity contribution in [2.45, 2.75) is 38.5 Å². The quantitative estimate of drug-likeness (QED) is 0.526. The van der Waals surface area contributed by atoms with E-state index in [0.717, 1.165) is 13.0 Å². The van der Waals surface area contributed by atoms with Crippen LogP contribution >= 0.6 is 0 Å². The van der Waals surface area contributed by atoms with Crippen LogP contribution in [0.2, 0.25) is 0 Å². The zero-order chi connectivity index (χ0) is 8.43. The summed E-state index contributed by atoms with van der Waals surface area (Å²) < 4.78 is 13.0. The van der Waals surface area contributed by atoms with E-state index in [9.17, 15) is 4.39 Å². The monoisotopic (exact) mass is 161 g/mol. The van der Waals surface area contributed by atoms with E-state index in [4.69, 9.17) is 5.73 Å². The van der Waals surface area contributed by atoms with Crippen LogP contribution in [0.1, 0.15) is 20.3 Å². The van der Waals surface area contributed by atoms with Gasteiger partial charge in [0, 0.05) is 12.5 Å². The van der Waals surface area contributed by atoms with Crippen molar-refractivity contribution in [3.63, 3.8) is 0 Å². The van der Waals surface area contributed by atoms with Gasteiger partial charge in [0.05, 0.1) is 12.6 Å². The first kappa shape index (κ1) is 8.94. The minimum atomic E-state index is -0.791. The van der Waals surface area contributed by atoms with Crippen molar-refractivity contribution >= 4 is 0 Å². The van der Waals surface area contributed by atoms with E-state index in [2.05, 4.69) is 13.8 Å². The number of hydrogen-bond acceptors (Lipinski definition) is 1. The molecule has 0 aromatic heterocycles. The maximum absolute atomic E-state index is 13.0. The number of hydrogen-bond donors (Lipinski definition) is 2. The van der Waals surface area contributed by atoms with Crippen LogP contribution in [0.4, 0.5) is 4.39 Å². The summed E-state index contributed by atoms with van der Waals surface area (Å²) in [6.45, 7) is 5.87. The van der Waals surface area contributed by atoms with Crippen molar-refractivity contribution in [1.82, 2.24) is 0 Å². The largest absolute Gasteiger partial charge is 0.330 e. The Kier molecular flexibility index (Phi) is 2.84. The van der Waals surface area contributed by atoms with Gasteiger partial charge in [0.1, 0.15) is 6.54 Å². The lowest BCUT2D eigenvalue weighted by Gasteiger charge is -2.32. The number of rotatable bonds is 1. The highest BCUT2D eigenvalue weighted by Crippen LogP contribution is 2.01. The molecule has 0 amide bonds. The van der Waals surface area contributed by atoms with Gasteiger partial charge in [-0.25, -0.2) is 4.39 Å². The van der Waals surface area contributed by atoms with Gasteiger partial charge in [-0.3, -0.25) is 0 Å². The van der Waals surface area contributed by atoms with Gasteiger partial charge in [-0.05, 0) is 13.8 Å². The lowest BCUT2D eigenvalue weighted by atomic mass is 10.0. The smallest absolute Gasteiger partial charge is 0.164 e. The molecule has 0 aromatic rings. The zero-order valence-electron chi connectivity index (χ0n) is 7.31. The summed E-state index contributed by atoms with van der Waals surface area (Å²) in [6.07, 6.45) is 0.0375. The number of halogens is 1. The predicted octanol–water partition coefficient (Wildman–Crippen LogP) is -0.651. The van der Waals surface area contributed by atoms with E-state index in [1.165, 1.54) is 4.90 Å². The Morgan fingerprint density at radius 2 is 2.18 bits per heavy atom. The van der Waals surface area contributed by atoms with E-state index in [0.29, 0.717) is 12.6 Å². The van der Waals surface area contributed by atoms with Gasteiger partial charge in [0.25, 0.3) is 0 Å². The molecule has 3 heteroatoms. The van der Waals surface area contributed by atoms with Crippen molar-refractivity contribution in [3.8, 4) is 0 Å². The fraction of sp³-hybridized carbons (Fsp3) is 1.00. The molecular weight excluding hydrogens is 143 g/mol. The summed E-state index contributed by atoms with van der Waals surface area (Å²) in [7, 11) is 0. The van der Waals surface area contributed by atoms with E-state index < -0.39 is 6.17 Å². The average Bonchev–Trinajstić information content (AvgIpc) is 1.94. The third-order valence-electron chi connectivity index (χ3n) is 2.54. The summed E-state index contributed by atoms with van der Waals surface area (Å²) in [4.78, 5) is 1.35. The molecule has 1 heterocycles. The second-order valence-electron chi connectivity index (χ2n) is 3.74. The highest BCUT2D eigenvalue weighted by Gasteiger charge is 2.30. The molecule has 0 aromatic carbocycles. The van der Waals surface area contributed by atoms with E-state index in [1.807, 2.05) is 0 Å². The molecule has 3 atom stereocenters. The molecule has 2 nitrogen and oxygen atoms in total. The van der Waals surface area contributed by atoms with Crippen LogP contribution in [0.5, 0.6) is 0 Å². The van der Waals surface area contributed by atoms with Crippen LogP contribution in [-0.2, 0) is 0 Å². The van der Waals surface area contributed by atoms with E-state index >= 15 is 0 Å². The van der Waals surface area contributed by atoms with Crippen molar-refractivity contribution in [2.24, 2.45) is 5.73 Å². The molecule has 0 bridgehead atoms. The van der Waals surface area contributed by atoms with Crippen LogP contribution in [0.25, 0.3) is 0 Å². The highest BCUT2D eigenvalue weighted by atomic mass is 19.1. The zero-order valence-corrected chi connectivity index (χ0v) is 7.31. The molecule has 3 unspecified atom stereocenters. The Hall–Kier alpha value is -0.150. The fourth-order valence-electron chi connectivity index (χ4n) is 1.56. The van der Waals surface area contributed by atoms with Crippen LogP contribution in [-0.4, -0.2) is 31.3 Å². The van der Waals surface area contributed by atoms with Crippen LogP contribution in [0.3, 0.4) is 0 Å². The molecule has 3 N–H and O–H groups in total. The first-order valence-corrected chi connectivity index (χ1v) is 4.35. The van der Waals surface area contributed by atoms with Gasteiger partial charge >= 0.3 is 0 Å². The normalized spacial score (nSPS) is 39.5. The summed E-state index contributed by atoms with van der Waals surface area (Å²) in [6, 6.07) is 0.318. The van der Waals surface area contributed by atoms with Crippen LogP contribution in [0.15, 0.2) is 0 Å². The van der Waals surface area contributed by atoms with E-state index in [-0.39, 0.29) is 6.04 Å². The van der Waals surface area contributed by atoms with Gasteiger partial charge in [-0.15, -0.1) is 0 Å². The van der Waals surface area contributed by atoms with Gasteiger partial charge in [0.15, 0.2) is 6.17 Å². The number of nitrogens with two attached hydrogens (primary N) is 1. The molecule has 1 rings (SSSR count). The minimum Gasteiger partial charge on any atom is -0.330 e. The minimum absolute atomic E-state index is 0.211. The average molecular weight is 161 g/mol. The molecule has 1 aliphatic heterocycles. The fourth-order valence-corrected chi connectivity index (χ4v) is 1.56. The summed E-state index contributed by atoms with van der Waals surface area (Å²) in [5, 5.41) is 0. The van der Waals surface area contributed by atoms with Gasteiger partial charge in [-0.1, -0.05) is 0 Å². The lowest BCUT2D eigenvalue weighted by molar-refractivity contribution is -0.928. The van der Waals surface area contributed by atoms with E-state index in [1.54, 1.807) is 0 Å². The topological polar surface area (TPSA) is 30.5 Å². The standard InChI is InChI=1S/C8H17FN2/c1-6(2)11-4-3-8(10)7(9)5-11/h6-8H,3-5,10H2,1-2H3/p+1. The third-order valence-corrected chi connectivity index (χ3v) is 2.54. The Labute approximate surface area is 67.6 Å². The number of nitrogens with one attached hydrogen (secondary N) is 1. The Balaban J connectivity index is 2.40. The maximum atomic E-state index is 13.0. The van der Waals surface area contributed by atoms with Crippen molar-refractivity contribution in [1.29, 1.82) is 0 Å². The first-order chi connectivity index (χ1) is 5.11. The second-order valence-corrected chi connectivity index (χ2v) is 3.74. The Morgan fingerprint density at radius 1 is 1.55 bits per heavy atom. The second kappa shape index (κ2) is 3.50. The van der Waals surface area contributed by atoms with Gasteiger partial charge < -0.3 is 10.6 Å². The van der Waals surface area contributed by atoms with Crippen LogP contribution < -0.4 is 10.6 Å². The SMILES string of the molecule is CC(C)[NH+]1CCC(N)C(F)C1. The van der Waals surface area contributed by atoms with Gasteiger partial charge in [-0.2, -0.15) is 0 Å². The number of piperidine rings is 1.